The lowest BCUT2D eigenvalue weighted by atomic mass is 9.65. The van der Waals surface area contributed by atoms with Crippen LogP contribution in [-0.4, -0.2) is 0 Å². The molecule has 2 aliphatic rings. The Kier molecular flexibility index (Phi) is 26.4. The minimum absolute atomic E-state index is 0.203. The molecule has 4 rings (SSSR count). The fourth-order valence-electron chi connectivity index (χ4n) is 4.49. The molecule has 0 fully saturated rings. The van der Waals surface area contributed by atoms with E-state index in [-0.39, 0.29) is 5.41 Å². The third-order valence-electron chi connectivity index (χ3n) is 5.51. The van der Waals surface area contributed by atoms with E-state index in [2.05, 4.69) is 98.8 Å². The molecule has 0 spiro atoms. The Morgan fingerprint density at radius 2 is 1.16 bits per heavy atom. The van der Waals surface area contributed by atoms with Crippen molar-refractivity contribution in [2.45, 2.75) is 115 Å². The third kappa shape index (κ3) is 9.33. The molecule has 0 heterocycles. The number of fused-ring (bicyclic) bond motifs is 1. The van der Waals surface area contributed by atoms with Crippen molar-refractivity contribution in [3.63, 3.8) is 0 Å². The minimum atomic E-state index is -0.203. The fraction of sp³-hybridized carbons (Fsp3) is 0.459. The second-order valence-electron chi connectivity index (χ2n) is 6.84. The average molecular weight is 505 g/mol. The van der Waals surface area contributed by atoms with Gasteiger partial charge in [0.25, 0.3) is 0 Å². The predicted molar refractivity (Wildman–Crippen MR) is 176 cm³/mol. The van der Waals surface area contributed by atoms with E-state index in [9.17, 15) is 0 Å². The van der Waals surface area contributed by atoms with Crippen LogP contribution >= 0.6 is 0 Å². The maximum atomic E-state index is 2.44. The lowest BCUT2D eigenvalue weighted by Crippen LogP contribution is -2.30. The van der Waals surface area contributed by atoms with Gasteiger partial charge in [-0.2, -0.15) is 0 Å². The lowest BCUT2D eigenvalue weighted by Gasteiger charge is -2.36. The largest absolute Gasteiger partial charge is 0.0873 e. The molecule has 0 nitrogen and oxygen atoms in total. The van der Waals surface area contributed by atoms with Crippen molar-refractivity contribution in [2.75, 3.05) is 0 Å². The molecule has 0 N–H and O–H groups in total. The highest BCUT2D eigenvalue weighted by Gasteiger charge is 2.46. The average Bonchev–Trinajstić information content (AvgIpc) is 3.28. The predicted octanol–water partition coefficient (Wildman–Crippen LogP) is 12.8. The zero-order valence-electron chi connectivity index (χ0n) is 27.0. The van der Waals surface area contributed by atoms with Gasteiger partial charge in [0, 0.05) is 0 Å². The maximum absolute atomic E-state index is 2.44. The zero-order valence-corrected chi connectivity index (χ0v) is 27.0. The summed E-state index contributed by atoms with van der Waals surface area (Å²) in [5.74, 6) is 0. The van der Waals surface area contributed by atoms with E-state index in [4.69, 9.17) is 0 Å². The van der Waals surface area contributed by atoms with Crippen LogP contribution < -0.4 is 0 Å². The van der Waals surface area contributed by atoms with Crippen molar-refractivity contribution in [1.82, 2.24) is 0 Å². The first-order chi connectivity index (χ1) is 18.3. The Labute approximate surface area is 233 Å². The van der Waals surface area contributed by atoms with Crippen LogP contribution in [0.5, 0.6) is 0 Å². The normalized spacial score (nSPS) is 16.1. The Balaban J connectivity index is -0.000000852. The van der Waals surface area contributed by atoms with Gasteiger partial charge in [0.2, 0.25) is 0 Å². The van der Waals surface area contributed by atoms with Gasteiger partial charge in [-0.15, -0.1) is 0 Å². The van der Waals surface area contributed by atoms with Crippen LogP contribution in [0.2, 0.25) is 0 Å². The van der Waals surface area contributed by atoms with E-state index in [0.717, 1.165) is 12.8 Å². The first-order valence-electron chi connectivity index (χ1n) is 15.2. The number of allylic oxidation sites excluding steroid dienone is 8. The molecular formula is C37H60. The second-order valence-corrected chi connectivity index (χ2v) is 6.84. The topological polar surface area (TPSA) is 0 Å². The summed E-state index contributed by atoms with van der Waals surface area (Å²) in [5.41, 5.74) is 8.12. The molecule has 0 saturated carbocycles. The standard InChI is InChI=1S/C25H24.6C2H6/c1-3-12-23-19(2)22-17-10-11-18-24(22)25(23,20-13-6-4-7-14-20)21-15-8-5-9-16-21;6*1-2/h3-4,6-8,10-18H,5,9H2,1-2H3;6*1-2H3/b12-3-;;;;;;. The summed E-state index contributed by atoms with van der Waals surface area (Å²) in [4.78, 5) is 0. The van der Waals surface area contributed by atoms with Crippen LogP contribution in [-0.2, 0) is 5.41 Å². The van der Waals surface area contributed by atoms with Gasteiger partial charge < -0.3 is 0 Å². The quantitative estimate of drug-likeness (QED) is 0.390. The molecule has 0 bridgehead atoms. The number of benzene rings is 2. The Morgan fingerprint density at radius 3 is 1.65 bits per heavy atom. The van der Waals surface area contributed by atoms with E-state index in [1.54, 1.807) is 0 Å². The molecule has 1 atom stereocenters. The van der Waals surface area contributed by atoms with Crippen molar-refractivity contribution in [2.24, 2.45) is 0 Å². The molecule has 0 aliphatic heterocycles. The maximum Gasteiger partial charge on any atom is 0.0706 e. The Hall–Kier alpha value is -2.60. The summed E-state index contributed by atoms with van der Waals surface area (Å²) in [6.45, 7) is 28.4. The molecule has 0 amide bonds. The second kappa shape index (κ2) is 25.1. The van der Waals surface area contributed by atoms with Crippen molar-refractivity contribution < 1.29 is 0 Å². The molecule has 0 radical (unpaired) electrons. The molecule has 0 saturated heterocycles. The first kappa shape index (κ1) is 38.9. The van der Waals surface area contributed by atoms with Gasteiger partial charge in [0.15, 0.2) is 0 Å². The SMILES string of the molecule is C/C=C\C1=C(C)c2ccccc2C1(C1=CCCC=C1)c1ccccc1.CC.CC.CC.CC.CC.CC. The smallest absolute Gasteiger partial charge is 0.0706 e. The number of hydrogen-bond acceptors (Lipinski definition) is 0. The van der Waals surface area contributed by atoms with Crippen molar-refractivity contribution in [3.05, 3.63) is 113 Å². The fourth-order valence-corrected chi connectivity index (χ4v) is 4.49. The summed E-state index contributed by atoms with van der Waals surface area (Å²) in [6.07, 6.45) is 13.8. The van der Waals surface area contributed by atoms with Gasteiger partial charge in [-0.3, -0.25) is 0 Å². The lowest BCUT2D eigenvalue weighted by molar-refractivity contribution is 0.744. The van der Waals surface area contributed by atoms with Crippen LogP contribution in [0.4, 0.5) is 0 Å². The molecule has 2 aromatic carbocycles. The molecule has 2 aromatic rings. The molecule has 0 aromatic heterocycles. The van der Waals surface area contributed by atoms with Crippen molar-refractivity contribution in [1.29, 1.82) is 0 Å². The summed E-state index contributed by atoms with van der Waals surface area (Å²) in [6, 6.07) is 19.9. The highest BCUT2D eigenvalue weighted by molar-refractivity contribution is 5.87. The van der Waals surface area contributed by atoms with Gasteiger partial charge >= 0.3 is 0 Å². The number of hydrogen-bond donors (Lipinski definition) is 0. The zero-order chi connectivity index (χ0) is 29.3. The Morgan fingerprint density at radius 1 is 0.649 bits per heavy atom. The molecule has 208 valence electrons. The van der Waals surface area contributed by atoms with E-state index in [1.165, 1.54) is 33.4 Å². The molecule has 0 heteroatoms. The van der Waals surface area contributed by atoms with Gasteiger partial charge in [0.1, 0.15) is 0 Å². The van der Waals surface area contributed by atoms with Gasteiger partial charge in [-0.05, 0) is 60.1 Å². The van der Waals surface area contributed by atoms with Crippen LogP contribution in [0.25, 0.3) is 5.57 Å². The van der Waals surface area contributed by atoms with E-state index < -0.39 is 0 Å². The third-order valence-corrected chi connectivity index (χ3v) is 5.51. The molecule has 1 unspecified atom stereocenters. The minimum Gasteiger partial charge on any atom is -0.0873 e. The van der Waals surface area contributed by atoms with Crippen LogP contribution in [0.3, 0.4) is 0 Å². The van der Waals surface area contributed by atoms with E-state index >= 15 is 0 Å². The van der Waals surface area contributed by atoms with Crippen LogP contribution in [0.15, 0.2) is 96.1 Å². The molecular weight excluding hydrogens is 444 g/mol. The highest BCUT2D eigenvalue weighted by Crippen LogP contribution is 2.55. The first-order valence-corrected chi connectivity index (χ1v) is 15.2. The van der Waals surface area contributed by atoms with Crippen LogP contribution in [0.1, 0.15) is 126 Å². The van der Waals surface area contributed by atoms with Crippen molar-refractivity contribution >= 4 is 5.57 Å². The highest BCUT2D eigenvalue weighted by atomic mass is 14.5. The van der Waals surface area contributed by atoms with Crippen molar-refractivity contribution in [3.8, 4) is 0 Å². The summed E-state index contributed by atoms with van der Waals surface area (Å²) < 4.78 is 0. The Bertz CT molecular complexity index is 906. The van der Waals surface area contributed by atoms with E-state index in [1.807, 2.05) is 83.1 Å². The summed E-state index contributed by atoms with van der Waals surface area (Å²) >= 11 is 0. The summed E-state index contributed by atoms with van der Waals surface area (Å²) in [5, 5.41) is 0. The monoisotopic (exact) mass is 504 g/mol. The van der Waals surface area contributed by atoms with Crippen LogP contribution in [0, 0.1) is 0 Å². The number of rotatable bonds is 3. The van der Waals surface area contributed by atoms with Gasteiger partial charge in [-0.1, -0.05) is 168 Å². The van der Waals surface area contributed by atoms with Gasteiger partial charge in [0.05, 0.1) is 5.41 Å². The molecule has 2 aliphatic carbocycles. The summed E-state index contributed by atoms with van der Waals surface area (Å²) in [7, 11) is 0. The van der Waals surface area contributed by atoms with E-state index in [0.29, 0.717) is 0 Å². The molecule has 37 heavy (non-hydrogen) atoms. The van der Waals surface area contributed by atoms with Gasteiger partial charge in [-0.25, -0.2) is 0 Å².